The minimum Gasteiger partial charge on any atom is -0.308 e. The summed E-state index contributed by atoms with van der Waals surface area (Å²) in [7, 11) is 0. The van der Waals surface area contributed by atoms with E-state index >= 15 is 0 Å². The summed E-state index contributed by atoms with van der Waals surface area (Å²) < 4.78 is 0.841. The fourth-order valence-electron chi connectivity index (χ4n) is 2.36. The van der Waals surface area contributed by atoms with Crippen LogP contribution in [0, 0.1) is 0 Å². The number of para-hydroxylation sites is 1. The van der Waals surface area contributed by atoms with Crippen molar-refractivity contribution in [2.24, 2.45) is 0 Å². The molecule has 1 atom stereocenters. The fraction of sp³-hybridized carbons (Fsp3) is 0.308. The van der Waals surface area contributed by atoms with Crippen molar-refractivity contribution in [3.63, 3.8) is 0 Å². The lowest BCUT2D eigenvalue weighted by molar-refractivity contribution is -0.116. The molecule has 2 aromatic rings. The molecular formula is C13H13N3OS2. The normalized spacial score (nSPS) is 17.5. The Morgan fingerprint density at radius 2 is 2.37 bits per heavy atom. The van der Waals surface area contributed by atoms with Crippen molar-refractivity contribution in [3.05, 3.63) is 35.3 Å². The maximum Gasteiger partial charge on any atom is 0.237 e. The zero-order chi connectivity index (χ0) is 13.2. The van der Waals surface area contributed by atoms with Gasteiger partial charge in [0, 0.05) is 11.7 Å². The number of carbonyl (C=O) groups is 1. The summed E-state index contributed by atoms with van der Waals surface area (Å²) in [6.07, 6.45) is 0.936. The smallest absolute Gasteiger partial charge is 0.237 e. The Balaban J connectivity index is 1.73. The number of anilines is 1. The first-order chi connectivity index (χ1) is 9.25. The molecule has 19 heavy (non-hydrogen) atoms. The molecule has 0 radical (unpaired) electrons. The number of nitrogens with zero attached hydrogens (tertiary/aromatic N) is 3. The molecule has 98 valence electrons. The average molecular weight is 291 g/mol. The van der Waals surface area contributed by atoms with Crippen LogP contribution in [-0.4, -0.2) is 27.9 Å². The fourth-order valence-corrected chi connectivity index (χ4v) is 3.71. The Hall–Kier alpha value is -1.40. The lowest BCUT2D eigenvalue weighted by Crippen LogP contribution is -2.36. The molecule has 0 unspecified atom stereocenters. The molecule has 1 aromatic heterocycles. The molecule has 1 amide bonds. The molecule has 4 nitrogen and oxygen atoms in total. The third-order valence-electron chi connectivity index (χ3n) is 3.14. The maximum atomic E-state index is 12.4. The highest BCUT2D eigenvalue weighted by Gasteiger charge is 2.30. The van der Waals surface area contributed by atoms with E-state index in [1.165, 1.54) is 28.7 Å². The third-order valence-corrected chi connectivity index (χ3v) is 4.98. The first-order valence-corrected chi connectivity index (χ1v) is 7.91. The van der Waals surface area contributed by atoms with Crippen LogP contribution in [0.3, 0.4) is 0 Å². The number of rotatable bonds is 3. The first-order valence-electron chi connectivity index (χ1n) is 6.04. The molecule has 0 N–H and O–H groups in total. The molecule has 0 fully saturated rings. The quantitative estimate of drug-likeness (QED) is 0.816. The molecule has 1 aliphatic heterocycles. The van der Waals surface area contributed by atoms with Crippen molar-refractivity contribution in [2.45, 2.75) is 23.7 Å². The van der Waals surface area contributed by atoms with Crippen LogP contribution in [-0.2, 0) is 11.2 Å². The highest BCUT2D eigenvalue weighted by Crippen LogP contribution is 2.32. The van der Waals surface area contributed by atoms with Gasteiger partial charge in [-0.1, -0.05) is 41.3 Å². The number of aromatic nitrogens is 2. The van der Waals surface area contributed by atoms with Crippen LogP contribution < -0.4 is 4.90 Å². The van der Waals surface area contributed by atoms with E-state index in [-0.39, 0.29) is 11.9 Å². The number of amides is 1. The lowest BCUT2D eigenvalue weighted by atomic mass is 10.1. The molecule has 0 bridgehead atoms. The van der Waals surface area contributed by atoms with E-state index in [1.54, 1.807) is 5.51 Å². The lowest BCUT2D eigenvalue weighted by Gasteiger charge is -2.22. The van der Waals surface area contributed by atoms with Crippen molar-refractivity contribution >= 4 is 34.7 Å². The van der Waals surface area contributed by atoms with Gasteiger partial charge in [0.05, 0.1) is 5.75 Å². The largest absolute Gasteiger partial charge is 0.308 e. The topological polar surface area (TPSA) is 46.1 Å². The second kappa shape index (κ2) is 5.30. The SMILES string of the molecule is C[C@H]1Cc2ccccc2N1C(=O)CSc1nncs1. The molecule has 0 spiro atoms. The van der Waals surface area contributed by atoms with Gasteiger partial charge in [-0.25, -0.2) is 0 Å². The zero-order valence-corrected chi connectivity index (χ0v) is 12.1. The maximum absolute atomic E-state index is 12.4. The summed E-state index contributed by atoms with van der Waals surface area (Å²) in [5, 5.41) is 7.71. The molecule has 3 rings (SSSR count). The van der Waals surface area contributed by atoms with Crippen LogP contribution in [0.1, 0.15) is 12.5 Å². The van der Waals surface area contributed by atoms with E-state index in [1.807, 2.05) is 23.1 Å². The van der Waals surface area contributed by atoms with Crippen LogP contribution in [0.4, 0.5) is 5.69 Å². The highest BCUT2D eigenvalue weighted by atomic mass is 32.2. The van der Waals surface area contributed by atoms with E-state index in [0.29, 0.717) is 5.75 Å². The minimum atomic E-state index is 0.137. The Bertz CT molecular complexity index is 585. The monoisotopic (exact) mass is 291 g/mol. The van der Waals surface area contributed by atoms with Gasteiger partial charge in [-0.3, -0.25) is 4.79 Å². The average Bonchev–Trinajstić information content (AvgIpc) is 3.02. The number of hydrogen-bond acceptors (Lipinski definition) is 5. The highest BCUT2D eigenvalue weighted by molar-refractivity contribution is 8.01. The molecule has 1 aliphatic rings. The summed E-state index contributed by atoms with van der Waals surface area (Å²) in [6, 6.07) is 8.35. The van der Waals surface area contributed by atoms with Crippen LogP contribution in [0.25, 0.3) is 0 Å². The van der Waals surface area contributed by atoms with Crippen molar-refractivity contribution < 1.29 is 4.79 Å². The summed E-state index contributed by atoms with van der Waals surface area (Å²) >= 11 is 2.92. The molecule has 6 heteroatoms. The van der Waals surface area contributed by atoms with Crippen LogP contribution in [0.2, 0.25) is 0 Å². The first kappa shape index (κ1) is 12.6. The van der Waals surface area contributed by atoms with Crippen LogP contribution in [0.15, 0.2) is 34.1 Å². The molecule has 0 saturated heterocycles. The third kappa shape index (κ3) is 2.50. The summed E-state index contributed by atoms with van der Waals surface area (Å²) in [5.41, 5.74) is 3.99. The number of benzene rings is 1. The Morgan fingerprint density at radius 1 is 1.53 bits per heavy atom. The summed E-state index contributed by atoms with van der Waals surface area (Å²) in [6.45, 7) is 2.09. The second-order valence-electron chi connectivity index (χ2n) is 4.44. The molecular weight excluding hydrogens is 278 g/mol. The number of fused-ring (bicyclic) bond motifs is 1. The van der Waals surface area contributed by atoms with E-state index in [9.17, 15) is 4.79 Å². The number of thioether (sulfide) groups is 1. The van der Waals surface area contributed by atoms with E-state index in [4.69, 9.17) is 0 Å². The second-order valence-corrected chi connectivity index (χ2v) is 6.49. The van der Waals surface area contributed by atoms with Gasteiger partial charge in [-0.05, 0) is 25.0 Å². The Morgan fingerprint density at radius 3 is 3.16 bits per heavy atom. The van der Waals surface area contributed by atoms with Gasteiger partial charge in [0.15, 0.2) is 4.34 Å². The van der Waals surface area contributed by atoms with Gasteiger partial charge in [-0.15, -0.1) is 10.2 Å². The zero-order valence-electron chi connectivity index (χ0n) is 10.4. The minimum absolute atomic E-state index is 0.137. The van der Waals surface area contributed by atoms with Gasteiger partial charge in [0.25, 0.3) is 0 Å². The van der Waals surface area contributed by atoms with Crippen molar-refractivity contribution in [2.75, 3.05) is 10.7 Å². The number of hydrogen-bond donors (Lipinski definition) is 0. The molecule has 1 aromatic carbocycles. The van der Waals surface area contributed by atoms with Crippen LogP contribution in [0.5, 0.6) is 0 Å². The standard InChI is InChI=1S/C13H13N3OS2/c1-9-6-10-4-2-3-5-11(10)16(9)12(17)7-18-13-15-14-8-19-13/h2-5,8-9H,6-7H2,1H3/t9-/m0/s1. The van der Waals surface area contributed by atoms with Gasteiger partial charge in [0.1, 0.15) is 5.51 Å². The number of carbonyl (C=O) groups excluding carboxylic acids is 1. The predicted molar refractivity (Wildman–Crippen MR) is 77.7 cm³/mol. The van der Waals surface area contributed by atoms with E-state index in [2.05, 4.69) is 23.2 Å². The van der Waals surface area contributed by atoms with Crippen molar-refractivity contribution in [1.82, 2.24) is 10.2 Å². The molecule has 2 heterocycles. The van der Waals surface area contributed by atoms with Crippen molar-refractivity contribution in [3.8, 4) is 0 Å². The molecule has 0 saturated carbocycles. The van der Waals surface area contributed by atoms with Gasteiger partial charge >= 0.3 is 0 Å². The van der Waals surface area contributed by atoms with Gasteiger partial charge in [0.2, 0.25) is 5.91 Å². The Kier molecular flexibility index (Phi) is 3.52. The predicted octanol–water partition coefficient (Wildman–Crippen LogP) is 2.61. The summed E-state index contributed by atoms with van der Waals surface area (Å²) in [5.74, 6) is 0.547. The van der Waals surface area contributed by atoms with E-state index < -0.39 is 0 Å². The van der Waals surface area contributed by atoms with E-state index in [0.717, 1.165) is 16.4 Å². The van der Waals surface area contributed by atoms with Gasteiger partial charge < -0.3 is 4.90 Å². The Labute approximate surface area is 119 Å². The van der Waals surface area contributed by atoms with Crippen molar-refractivity contribution in [1.29, 1.82) is 0 Å². The van der Waals surface area contributed by atoms with Crippen LogP contribution >= 0.6 is 23.1 Å². The molecule has 0 aliphatic carbocycles. The van der Waals surface area contributed by atoms with Gasteiger partial charge in [-0.2, -0.15) is 0 Å². The summed E-state index contributed by atoms with van der Waals surface area (Å²) in [4.78, 5) is 14.3.